The monoisotopic (exact) mass is 212 g/mol. The highest BCUT2D eigenvalue weighted by atomic mass is 32.1. The zero-order valence-electron chi connectivity index (χ0n) is 8.70. The van der Waals surface area contributed by atoms with Crippen molar-refractivity contribution in [2.24, 2.45) is 5.73 Å². The Labute approximate surface area is 88.3 Å². The molecular weight excluding hydrogens is 196 g/mol. The molecule has 0 saturated heterocycles. The number of aryl methyl sites for hydroxylation is 1. The van der Waals surface area contributed by atoms with E-state index in [9.17, 15) is 4.79 Å². The summed E-state index contributed by atoms with van der Waals surface area (Å²) in [6.07, 6.45) is 0. The molecule has 1 rings (SSSR count). The lowest BCUT2D eigenvalue weighted by Gasteiger charge is -2.16. The topological polar surface area (TPSA) is 55.1 Å². The highest BCUT2D eigenvalue weighted by molar-refractivity contribution is 7.12. The molecule has 1 atom stereocenters. The van der Waals surface area contributed by atoms with Crippen molar-refractivity contribution in [1.82, 2.24) is 5.32 Å². The zero-order valence-corrected chi connectivity index (χ0v) is 9.52. The smallest absolute Gasteiger partial charge is 0.240 e. The Morgan fingerprint density at radius 3 is 2.50 bits per heavy atom. The largest absolute Gasteiger partial charge is 0.368 e. The van der Waals surface area contributed by atoms with Crippen molar-refractivity contribution in [2.45, 2.75) is 32.9 Å². The van der Waals surface area contributed by atoms with Crippen molar-refractivity contribution in [3.05, 3.63) is 21.9 Å². The molecular formula is C10H16N2OS. The predicted molar refractivity (Wildman–Crippen MR) is 59.3 cm³/mol. The van der Waals surface area contributed by atoms with Crippen molar-refractivity contribution in [3.8, 4) is 0 Å². The third kappa shape index (κ3) is 2.82. The molecule has 0 radical (unpaired) electrons. The molecule has 0 bridgehead atoms. The van der Waals surface area contributed by atoms with E-state index in [2.05, 4.69) is 5.32 Å². The van der Waals surface area contributed by atoms with Crippen LogP contribution < -0.4 is 11.1 Å². The maximum Gasteiger partial charge on any atom is 0.240 e. The average Bonchev–Trinajstić information content (AvgIpc) is 2.46. The van der Waals surface area contributed by atoms with Crippen molar-refractivity contribution in [1.29, 1.82) is 0 Å². The Morgan fingerprint density at radius 1 is 1.50 bits per heavy atom. The molecule has 4 heteroatoms. The lowest BCUT2D eigenvalue weighted by molar-refractivity contribution is -0.120. The normalized spacial score (nSPS) is 13.1. The van der Waals surface area contributed by atoms with Crippen LogP contribution in [0.25, 0.3) is 0 Å². The van der Waals surface area contributed by atoms with Crippen LogP contribution in [-0.4, -0.2) is 11.9 Å². The van der Waals surface area contributed by atoms with Gasteiger partial charge >= 0.3 is 0 Å². The number of rotatable bonds is 4. The number of hydrogen-bond donors (Lipinski definition) is 2. The maximum absolute atomic E-state index is 11.2. The van der Waals surface area contributed by atoms with Gasteiger partial charge in [-0.25, -0.2) is 0 Å². The van der Waals surface area contributed by atoms with Gasteiger partial charge in [-0.1, -0.05) is 0 Å². The number of amides is 1. The van der Waals surface area contributed by atoms with Gasteiger partial charge in [-0.15, -0.1) is 11.3 Å². The van der Waals surface area contributed by atoms with E-state index in [1.54, 1.807) is 11.3 Å². The summed E-state index contributed by atoms with van der Waals surface area (Å²) in [6, 6.07) is 3.84. The fourth-order valence-corrected chi connectivity index (χ4v) is 2.19. The summed E-state index contributed by atoms with van der Waals surface area (Å²) in [5, 5.41) is 3.14. The van der Waals surface area contributed by atoms with E-state index < -0.39 is 0 Å². The molecule has 0 spiro atoms. The first kappa shape index (κ1) is 11.2. The molecule has 0 aliphatic heterocycles. The molecule has 1 unspecified atom stereocenters. The lowest BCUT2D eigenvalue weighted by atomic mass is 10.2. The van der Waals surface area contributed by atoms with Crippen LogP contribution in [0.5, 0.6) is 0 Å². The molecule has 1 heterocycles. The average molecular weight is 212 g/mol. The minimum absolute atomic E-state index is 0.245. The third-order valence-electron chi connectivity index (χ3n) is 1.83. The first-order valence-electron chi connectivity index (χ1n) is 4.62. The predicted octanol–water partition coefficient (Wildman–Crippen LogP) is 1.58. The fourth-order valence-electron chi connectivity index (χ4n) is 1.25. The number of hydrogen-bond acceptors (Lipinski definition) is 3. The van der Waals surface area contributed by atoms with Crippen molar-refractivity contribution in [2.75, 3.05) is 0 Å². The zero-order chi connectivity index (χ0) is 10.7. The molecule has 0 aliphatic rings. The molecule has 3 nitrogen and oxygen atoms in total. The Kier molecular flexibility index (Phi) is 3.66. The second-order valence-corrected chi connectivity index (χ2v) is 4.92. The second-order valence-electron chi connectivity index (χ2n) is 3.61. The van der Waals surface area contributed by atoms with Gasteiger partial charge in [0, 0.05) is 15.8 Å². The van der Waals surface area contributed by atoms with E-state index in [-0.39, 0.29) is 18.0 Å². The number of primary amides is 1. The number of nitrogens with two attached hydrogens (primary N) is 1. The Hall–Kier alpha value is -0.870. The van der Waals surface area contributed by atoms with Crippen LogP contribution >= 0.6 is 11.3 Å². The molecule has 0 aromatic carbocycles. The van der Waals surface area contributed by atoms with Gasteiger partial charge in [-0.05, 0) is 32.9 Å². The molecule has 0 fully saturated rings. The maximum atomic E-state index is 11.2. The molecule has 78 valence electrons. The van der Waals surface area contributed by atoms with Crippen LogP contribution in [-0.2, 0) is 4.79 Å². The summed E-state index contributed by atoms with van der Waals surface area (Å²) < 4.78 is 0. The van der Waals surface area contributed by atoms with Gasteiger partial charge in [0.15, 0.2) is 0 Å². The highest BCUT2D eigenvalue weighted by Gasteiger charge is 2.19. The van der Waals surface area contributed by atoms with E-state index >= 15 is 0 Å². The summed E-state index contributed by atoms with van der Waals surface area (Å²) >= 11 is 1.60. The van der Waals surface area contributed by atoms with Crippen LogP contribution in [0.15, 0.2) is 12.1 Å². The van der Waals surface area contributed by atoms with Crippen LogP contribution in [0.4, 0.5) is 0 Å². The van der Waals surface area contributed by atoms with Crippen LogP contribution in [0, 0.1) is 6.92 Å². The van der Waals surface area contributed by atoms with E-state index in [0.29, 0.717) is 0 Å². The summed E-state index contributed by atoms with van der Waals surface area (Å²) in [7, 11) is 0. The van der Waals surface area contributed by atoms with Crippen LogP contribution in [0.3, 0.4) is 0 Å². The Bertz CT molecular complexity index is 320. The van der Waals surface area contributed by atoms with E-state index in [4.69, 9.17) is 5.73 Å². The molecule has 1 aromatic rings. The molecule has 0 saturated carbocycles. The number of carbonyl (C=O) groups excluding carboxylic acids is 1. The van der Waals surface area contributed by atoms with Gasteiger partial charge in [0.05, 0.1) is 0 Å². The van der Waals surface area contributed by atoms with Crippen molar-refractivity contribution >= 4 is 17.2 Å². The highest BCUT2D eigenvalue weighted by Crippen LogP contribution is 2.22. The van der Waals surface area contributed by atoms with Gasteiger partial charge in [0.1, 0.15) is 6.04 Å². The minimum Gasteiger partial charge on any atom is -0.368 e. The first-order valence-corrected chi connectivity index (χ1v) is 5.44. The molecule has 14 heavy (non-hydrogen) atoms. The summed E-state index contributed by atoms with van der Waals surface area (Å²) in [4.78, 5) is 13.4. The van der Waals surface area contributed by atoms with E-state index in [1.165, 1.54) is 4.88 Å². The van der Waals surface area contributed by atoms with E-state index in [0.717, 1.165) is 4.88 Å². The quantitative estimate of drug-likeness (QED) is 0.796. The third-order valence-corrected chi connectivity index (χ3v) is 2.90. The summed E-state index contributed by atoms with van der Waals surface area (Å²) in [5.74, 6) is -0.319. The summed E-state index contributed by atoms with van der Waals surface area (Å²) in [5.41, 5.74) is 5.33. The van der Waals surface area contributed by atoms with Gasteiger partial charge in [0.2, 0.25) is 5.91 Å². The molecule has 0 aliphatic carbocycles. The summed E-state index contributed by atoms with van der Waals surface area (Å²) in [6.45, 7) is 6.01. The second kappa shape index (κ2) is 4.57. The van der Waals surface area contributed by atoms with E-state index in [1.807, 2.05) is 32.9 Å². The Balaban J connectivity index is 2.83. The van der Waals surface area contributed by atoms with Gasteiger partial charge < -0.3 is 5.73 Å². The van der Waals surface area contributed by atoms with Crippen LogP contribution in [0.1, 0.15) is 29.6 Å². The first-order chi connectivity index (χ1) is 6.50. The minimum atomic E-state index is -0.353. The SMILES string of the molecule is Cc1ccc(C(NC(C)C)C(N)=O)s1. The number of carbonyl (C=O) groups is 1. The van der Waals surface area contributed by atoms with Gasteiger partial charge in [-0.2, -0.15) is 0 Å². The molecule has 3 N–H and O–H groups in total. The lowest BCUT2D eigenvalue weighted by Crippen LogP contribution is -2.36. The number of thiophene rings is 1. The fraction of sp³-hybridized carbons (Fsp3) is 0.500. The Morgan fingerprint density at radius 2 is 2.14 bits per heavy atom. The molecule has 1 aromatic heterocycles. The van der Waals surface area contributed by atoms with Gasteiger partial charge in [0.25, 0.3) is 0 Å². The number of nitrogens with one attached hydrogen (secondary N) is 1. The van der Waals surface area contributed by atoms with Crippen LogP contribution in [0.2, 0.25) is 0 Å². The van der Waals surface area contributed by atoms with Gasteiger partial charge in [-0.3, -0.25) is 10.1 Å². The van der Waals surface area contributed by atoms with Crippen molar-refractivity contribution < 1.29 is 4.79 Å². The molecule has 1 amide bonds. The van der Waals surface area contributed by atoms with Crippen molar-refractivity contribution in [3.63, 3.8) is 0 Å². The standard InChI is InChI=1S/C10H16N2OS/c1-6(2)12-9(10(11)13)8-5-4-7(3)14-8/h4-6,9,12H,1-3H3,(H2,11,13).